The predicted molar refractivity (Wildman–Crippen MR) is 94.8 cm³/mol. The fraction of sp³-hybridized carbons (Fsp3) is 0.500. The lowest BCUT2D eigenvalue weighted by Gasteiger charge is -2.11. The molecule has 25 heavy (non-hydrogen) atoms. The molecule has 0 aliphatic heterocycles. The minimum absolute atomic E-state index is 0.110. The maximum atomic E-state index is 12.6. The van der Waals surface area contributed by atoms with Crippen molar-refractivity contribution >= 4 is 11.5 Å². The molecule has 0 aromatic carbocycles. The van der Waals surface area contributed by atoms with E-state index in [0.29, 0.717) is 34.6 Å². The SMILES string of the molecule is CCOC(=O)C1=C(C2CC2)Cc2c1c(C#CC(C)(C)O)cn(C)c2=O. The van der Waals surface area contributed by atoms with Crippen LogP contribution in [0.1, 0.15) is 50.3 Å². The van der Waals surface area contributed by atoms with E-state index in [1.54, 1.807) is 34.0 Å². The summed E-state index contributed by atoms with van der Waals surface area (Å²) in [6.45, 7) is 5.25. The van der Waals surface area contributed by atoms with Gasteiger partial charge in [0, 0.05) is 36.4 Å². The third-order valence-electron chi connectivity index (χ3n) is 4.46. The van der Waals surface area contributed by atoms with Crippen molar-refractivity contribution in [1.29, 1.82) is 0 Å². The van der Waals surface area contributed by atoms with Gasteiger partial charge in [0.1, 0.15) is 5.60 Å². The van der Waals surface area contributed by atoms with E-state index < -0.39 is 5.60 Å². The molecule has 5 heteroatoms. The summed E-state index contributed by atoms with van der Waals surface area (Å²) in [4.78, 5) is 25.2. The Bertz CT molecular complexity index is 883. The quantitative estimate of drug-likeness (QED) is 0.672. The van der Waals surface area contributed by atoms with Crippen molar-refractivity contribution in [2.45, 2.75) is 45.6 Å². The molecule has 0 saturated heterocycles. The number of esters is 1. The normalized spacial score (nSPS) is 16.4. The Kier molecular flexibility index (Phi) is 4.34. The van der Waals surface area contributed by atoms with Crippen LogP contribution in [0, 0.1) is 17.8 Å². The van der Waals surface area contributed by atoms with Crippen LogP contribution < -0.4 is 5.56 Å². The monoisotopic (exact) mass is 341 g/mol. The summed E-state index contributed by atoms with van der Waals surface area (Å²) in [5, 5.41) is 9.92. The van der Waals surface area contributed by atoms with Gasteiger partial charge in [-0.25, -0.2) is 4.79 Å². The molecule has 0 unspecified atom stereocenters. The molecule has 0 bridgehead atoms. The van der Waals surface area contributed by atoms with Crippen molar-refractivity contribution in [3.05, 3.63) is 38.8 Å². The zero-order valence-electron chi connectivity index (χ0n) is 15.1. The molecule has 0 atom stereocenters. The maximum absolute atomic E-state index is 12.6. The van der Waals surface area contributed by atoms with Gasteiger partial charge < -0.3 is 14.4 Å². The molecule has 0 spiro atoms. The van der Waals surface area contributed by atoms with Crippen LogP contribution in [0.3, 0.4) is 0 Å². The predicted octanol–water partition coefficient (Wildman–Crippen LogP) is 1.79. The summed E-state index contributed by atoms with van der Waals surface area (Å²) in [6, 6.07) is 0. The number of fused-ring (bicyclic) bond motifs is 1. The smallest absolute Gasteiger partial charge is 0.338 e. The van der Waals surface area contributed by atoms with Gasteiger partial charge >= 0.3 is 5.97 Å². The van der Waals surface area contributed by atoms with E-state index in [2.05, 4.69) is 11.8 Å². The van der Waals surface area contributed by atoms with Crippen LogP contribution >= 0.6 is 0 Å². The summed E-state index contributed by atoms with van der Waals surface area (Å²) in [5.74, 6) is 5.71. The van der Waals surface area contributed by atoms with E-state index in [1.165, 1.54) is 4.57 Å². The molecule has 1 aromatic heterocycles. The van der Waals surface area contributed by atoms with Crippen LogP contribution in [0.15, 0.2) is 16.6 Å². The summed E-state index contributed by atoms with van der Waals surface area (Å²) in [5.41, 5.74) is 2.03. The van der Waals surface area contributed by atoms with Crippen LogP contribution in [-0.4, -0.2) is 27.9 Å². The minimum Gasteiger partial charge on any atom is -0.462 e. The number of ether oxygens (including phenoxy) is 1. The molecule has 2 aliphatic rings. The summed E-state index contributed by atoms with van der Waals surface area (Å²) in [7, 11) is 1.68. The second kappa shape index (κ2) is 6.20. The third-order valence-corrected chi connectivity index (χ3v) is 4.46. The Morgan fingerprint density at radius 3 is 2.68 bits per heavy atom. The number of rotatable bonds is 3. The highest BCUT2D eigenvalue weighted by atomic mass is 16.5. The van der Waals surface area contributed by atoms with E-state index in [-0.39, 0.29) is 18.1 Å². The average molecular weight is 341 g/mol. The number of allylic oxidation sites excluding steroid dienone is 1. The fourth-order valence-electron chi connectivity index (χ4n) is 3.22. The topological polar surface area (TPSA) is 68.5 Å². The average Bonchev–Trinajstić information content (AvgIpc) is 3.28. The molecule has 1 heterocycles. The summed E-state index contributed by atoms with van der Waals surface area (Å²) in [6.07, 6.45) is 4.20. The largest absolute Gasteiger partial charge is 0.462 e. The van der Waals surface area contributed by atoms with Crippen molar-refractivity contribution in [3.8, 4) is 11.8 Å². The Morgan fingerprint density at radius 2 is 2.12 bits per heavy atom. The number of carbonyl (C=O) groups excluding carboxylic acids is 1. The van der Waals surface area contributed by atoms with Crippen molar-refractivity contribution in [1.82, 2.24) is 4.57 Å². The first-order valence-electron chi connectivity index (χ1n) is 8.61. The highest BCUT2D eigenvalue weighted by molar-refractivity contribution is 6.20. The zero-order valence-corrected chi connectivity index (χ0v) is 15.1. The van der Waals surface area contributed by atoms with Gasteiger partial charge in [-0.1, -0.05) is 11.8 Å². The second-order valence-corrected chi connectivity index (χ2v) is 7.19. The Morgan fingerprint density at radius 1 is 1.44 bits per heavy atom. The van der Waals surface area contributed by atoms with Gasteiger partial charge in [-0.2, -0.15) is 0 Å². The molecule has 132 valence electrons. The van der Waals surface area contributed by atoms with Crippen molar-refractivity contribution in [2.75, 3.05) is 6.61 Å². The van der Waals surface area contributed by atoms with E-state index in [9.17, 15) is 14.7 Å². The number of hydrogen-bond acceptors (Lipinski definition) is 4. The molecule has 1 saturated carbocycles. The fourth-order valence-corrected chi connectivity index (χ4v) is 3.22. The second-order valence-electron chi connectivity index (χ2n) is 7.19. The number of hydrogen-bond donors (Lipinski definition) is 1. The number of aromatic nitrogens is 1. The Balaban J connectivity index is 2.23. The van der Waals surface area contributed by atoms with Crippen LogP contribution in [0.5, 0.6) is 0 Å². The van der Waals surface area contributed by atoms with Gasteiger partial charge in [0.2, 0.25) is 0 Å². The zero-order chi connectivity index (χ0) is 18.4. The number of nitrogens with zero attached hydrogens (tertiary/aromatic N) is 1. The van der Waals surface area contributed by atoms with Gasteiger partial charge in [-0.15, -0.1) is 0 Å². The van der Waals surface area contributed by atoms with Crippen LogP contribution in [0.25, 0.3) is 5.57 Å². The van der Waals surface area contributed by atoms with Crippen molar-refractivity contribution in [2.24, 2.45) is 13.0 Å². The van der Waals surface area contributed by atoms with E-state index in [0.717, 1.165) is 18.4 Å². The Labute approximate surface area is 147 Å². The molecular formula is C20H23NO4. The molecule has 0 amide bonds. The van der Waals surface area contributed by atoms with Crippen molar-refractivity contribution < 1.29 is 14.6 Å². The van der Waals surface area contributed by atoms with Crippen LogP contribution in [-0.2, 0) is 23.0 Å². The number of aryl methyl sites for hydroxylation is 1. The molecule has 1 N–H and O–H groups in total. The van der Waals surface area contributed by atoms with E-state index >= 15 is 0 Å². The van der Waals surface area contributed by atoms with Crippen LogP contribution in [0.4, 0.5) is 0 Å². The molecule has 1 fully saturated rings. The van der Waals surface area contributed by atoms with Gasteiger partial charge in [0.15, 0.2) is 0 Å². The maximum Gasteiger partial charge on any atom is 0.338 e. The van der Waals surface area contributed by atoms with E-state index in [4.69, 9.17) is 4.74 Å². The van der Waals surface area contributed by atoms with Gasteiger partial charge in [0.25, 0.3) is 5.56 Å². The first kappa shape index (κ1) is 17.5. The molecule has 5 nitrogen and oxygen atoms in total. The minimum atomic E-state index is -1.16. The van der Waals surface area contributed by atoms with E-state index in [1.807, 2.05) is 0 Å². The van der Waals surface area contributed by atoms with Crippen LogP contribution in [0.2, 0.25) is 0 Å². The highest BCUT2D eigenvalue weighted by Crippen LogP contribution is 2.46. The molecular weight excluding hydrogens is 318 g/mol. The van der Waals surface area contributed by atoms with Gasteiger partial charge in [-0.3, -0.25) is 4.79 Å². The van der Waals surface area contributed by atoms with Gasteiger partial charge in [-0.05, 0) is 45.1 Å². The first-order valence-corrected chi connectivity index (χ1v) is 8.61. The molecule has 3 rings (SSSR count). The van der Waals surface area contributed by atoms with Gasteiger partial charge in [0.05, 0.1) is 12.2 Å². The molecule has 0 radical (unpaired) electrons. The molecule has 2 aliphatic carbocycles. The lowest BCUT2D eigenvalue weighted by molar-refractivity contribution is -0.136. The number of aliphatic hydroxyl groups is 1. The van der Waals surface area contributed by atoms with Crippen molar-refractivity contribution in [3.63, 3.8) is 0 Å². The summed E-state index contributed by atoms with van der Waals surface area (Å²) >= 11 is 0. The standard InChI is InChI=1S/C20H23NO4/c1-5-25-19(23)17-14(12-6-7-12)10-15-16(17)13(8-9-20(2,3)24)11-21(4)18(15)22/h11-12,24H,5-7,10H2,1-4H3. The lowest BCUT2D eigenvalue weighted by Crippen LogP contribution is -2.23. The lowest BCUT2D eigenvalue weighted by atomic mass is 9.99. The molecule has 1 aromatic rings. The summed E-state index contributed by atoms with van der Waals surface area (Å²) < 4.78 is 6.75. The first-order chi connectivity index (χ1) is 11.7. The number of pyridine rings is 1. The number of carbonyl (C=O) groups is 1. The third kappa shape index (κ3) is 3.40. The highest BCUT2D eigenvalue weighted by Gasteiger charge is 2.39. The Hall–Kier alpha value is -2.32.